The molecular formula is C20H29NO5. The van der Waals surface area contributed by atoms with E-state index in [1.807, 2.05) is 19.1 Å². The largest absolute Gasteiger partial charge is 0.496 e. The number of carbonyl (C=O) groups is 1. The summed E-state index contributed by atoms with van der Waals surface area (Å²) in [5.74, 6) is 1.12. The van der Waals surface area contributed by atoms with Crippen LogP contribution in [0.2, 0.25) is 0 Å². The molecule has 1 aromatic carbocycles. The summed E-state index contributed by atoms with van der Waals surface area (Å²) < 4.78 is 10.9. The van der Waals surface area contributed by atoms with E-state index in [1.165, 1.54) is 0 Å². The molecule has 2 N–H and O–H groups in total. The predicted octanol–water partition coefficient (Wildman–Crippen LogP) is 2.45. The lowest BCUT2D eigenvalue weighted by molar-refractivity contribution is -0.165. The lowest BCUT2D eigenvalue weighted by Crippen LogP contribution is -2.56. The number of hydrogen-bond acceptors (Lipinski definition) is 5. The van der Waals surface area contributed by atoms with E-state index < -0.39 is 17.5 Å². The average molecular weight is 363 g/mol. The SMILES string of the molecule is COc1ccc(CN2CC[C@H](O)[C@](CC3CC3)(C(=O)O)C2)c(OC)c1C. The molecular weight excluding hydrogens is 334 g/mol. The van der Waals surface area contributed by atoms with Gasteiger partial charge in [-0.3, -0.25) is 9.69 Å². The zero-order valence-corrected chi connectivity index (χ0v) is 15.8. The highest BCUT2D eigenvalue weighted by Crippen LogP contribution is 2.45. The van der Waals surface area contributed by atoms with E-state index in [-0.39, 0.29) is 0 Å². The Hall–Kier alpha value is -1.79. The number of aliphatic hydroxyl groups excluding tert-OH is 1. The molecule has 0 radical (unpaired) electrons. The van der Waals surface area contributed by atoms with Gasteiger partial charge in [0.1, 0.15) is 16.9 Å². The van der Waals surface area contributed by atoms with Crippen molar-refractivity contribution in [3.8, 4) is 11.5 Å². The number of aliphatic carboxylic acids is 1. The van der Waals surface area contributed by atoms with E-state index in [9.17, 15) is 15.0 Å². The van der Waals surface area contributed by atoms with Crippen LogP contribution in [0, 0.1) is 18.3 Å². The number of piperidine rings is 1. The summed E-state index contributed by atoms with van der Waals surface area (Å²) in [5, 5.41) is 20.4. The fraction of sp³-hybridized carbons (Fsp3) is 0.650. The molecule has 1 saturated heterocycles. The monoisotopic (exact) mass is 363 g/mol. The minimum atomic E-state index is -1.06. The van der Waals surface area contributed by atoms with Crippen LogP contribution in [-0.4, -0.2) is 54.5 Å². The number of rotatable bonds is 7. The maximum atomic E-state index is 12.1. The molecule has 1 saturated carbocycles. The third kappa shape index (κ3) is 3.53. The first kappa shape index (κ1) is 19.0. The van der Waals surface area contributed by atoms with Crippen molar-refractivity contribution in [3.05, 3.63) is 23.3 Å². The molecule has 0 spiro atoms. The number of carboxylic acids is 1. The summed E-state index contributed by atoms with van der Waals surface area (Å²) in [5.41, 5.74) is 0.883. The Morgan fingerprint density at radius 2 is 2.00 bits per heavy atom. The van der Waals surface area contributed by atoms with Gasteiger partial charge in [-0.05, 0) is 31.7 Å². The third-order valence-corrected chi connectivity index (χ3v) is 5.89. The van der Waals surface area contributed by atoms with Crippen LogP contribution in [0.15, 0.2) is 12.1 Å². The zero-order valence-electron chi connectivity index (χ0n) is 15.8. The number of ether oxygens (including phenoxy) is 2. The van der Waals surface area contributed by atoms with Crippen LogP contribution in [0.4, 0.5) is 0 Å². The zero-order chi connectivity index (χ0) is 18.9. The molecule has 0 aromatic heterocycles. The summed E-state index contributed by atoms with van der Waals surface area (Å²) in [4.78, 5) is 14.2. The molecule has 2 aliphatic rings. The standard InChI is InChI=1S/C20H29NO5/c1-13-16(25-2)7-6-15(18(13)26-3)11-21-9-8-17(22)20(12-21,19(23)24)10-14-4-5-14/h6-7,14,17,22H,4-5,8-12H2,1-3H3,(H,23,24)/t17-,20+/m0/s1. The number of nitrogens with zero attached hydrogens (tertiary/aromatic N) is 1. The second-order valence-corrected chi connectivity index (χ2v) is 7.71. The molecule has 6 nitrogen and oxygen atoms in total. The van der Waals surface area contributed by atoms with Crippen LogP contribution >= 0.6 is 0 Å². The summed E-state index contributed by atoms with van der Waals surface area (Å²) in [7, 11) is 3.27. The van der Waals surface area contributed by atoms with Gasteiger partial charge in [0.2, 0.25) is 0 Å². The van der Waals surface area contributed by atoms with Gasteiger partial charge >= 0.3 is 5.97 Å². The highest BCUT2D eigenvalue weighted by molar-refractivity contribution is 5.76. The Kier molecular flexibility index (Phi) is 5.44. The lowest BCUT2D eigenvalue weighted by atomic mass is 9.73. The Morgan fingerprint density at radius 3 is 2.58 bits per heavy atom. The summed E-state index contributed by atoms with van der Waals surface area (Å²) in [6.07, 6.45) is 2.42. The van der Waals surface area contributed by atoms with Crippen LogP contribution in [-0.2, 0) is 11.3 Å². The van der Waals surface area contributed by atoms with Gasteiger partial charge in [-0.1, -0.05) is 18.9 Å². The molecule has 1 aromatic rings. The first-order valence-electron chi connectivity index (χ1n) is 9.25. The second-order valence-electron chi connectivity index (χ2n) is 7.71. The van der Waals surface area contributed by atoms with Gasteiger partial charge in [0.25, 0.3) is 0 Å². The lowest BCUT2D eigenvalue weighted by Gasteiger charge is -2.43. The molecule has 1 aliphatic heterocycles. The number of methoxy groups -OCH3 is 2. The molecule has 26 heavy (non-hydrogen) atoms. The van der Waals surface area contributed by atoms with Gasteiger partial charge in [0.05, 0.1) is 20.3 Å². The Balaban J connectivity index is 1.82. The van der Waals surface area contributed by atoms with Crippen molar-refractivity contribution >= 4 is 5.97 Å². The van der Waals surface area contributed by atoms with E-state index in [4.69, 9.17) is 9.47 Å². The minimum absolute atomic E-state index is 0.369. The molecule has 6 heteroatoms. The van der Waals surface area contributed by atoms with Crippen LogP contribution in [0.5, 0.6) is 11.5 Å². The van der Waals surface area contributed by atoms with Crippen molar-refractivity contribution in [1.82, 2.24) is 4.90 Å². The number of hydrogen-bond donors (Lipinski definition) is 2. The predicted molar refractivity (Wildman–Crippen MR) is 97.6 cm³/mol. The number of aliphatic hydroxyl groups is 1. The van der Waals surface area contributed by atoms with Crippen molar-refractivity contribution in [1.29, 1.82) is 0 Å². The highest BCUT2D eigenvalue weighted by atomic mass is 16.5. The van der Waals surface area contributed by atoms with Crippen molar-refractivity contribution in [2.75, 3.05) is 27.3 Å². The van der Waals surface area contributed by atoms with Gasteiger partial charge in [0.15, 0.2) is 0 Å². The molecule has 2 fully saturated rings. The maximum Gasteiger partial charge on any atom is 0.313 e. The average Bonchev–Trinajstić information content (AvgIpc) is 3.42. The molecule has 1 heterocycles. The van der Waals surface area contributed by atoms with Gasteiger partial charge in [0, 0.05) is 30.8 Å². The quantitative estimate of drug-likeness (QED) is 0.775. The van der Waals surface area contributed by atoms with E-state index in [1.54, 1.807) is 14.2 Å². The molecule has 144 valence electrons. The van der Waals surface area contributed by atoms with E-state index >= 15 is 0 Å². The number of likely N-dealkylation sites (tertiary alicyclic amines) is 1. The first-order chi connectivity index (χ1) is 12.4. The van der Waals surface area contributed by atoms with Crippen LogP contribution in [0.3, 0.4) is 0 Å². The first-order valence-corrected chi connectivity index (χ1v) is 9.25. The topological polar surface area (TPSA) is 79.2 Å². The van der Waals surface area contributed by atoms with E-state index in [2.05, 4.69) is 4.90 Å². The smallest absolute Gasteiger partial charge is 0.313 e. The highest BCUT2D eigenvalue weighted by Gasteiger charge is 2.51. The summed E-state index contributed by atoms with van der Waals surface area (Å²) >= 11 is 0. The molecule has 0 unspecified atom stereocenters. The van der Waals surface area contributed by atoms with Crippen LogP contribution in [0.1, 0.15) is 36.8 Å². The normalized spacial score (nSPS) is 26.5. The number of benzene rings is 1. The second kappa shape index (κ2) is 7.45. The van der Waals surface area contributed by atoms with E-state index in [0.29, 0.717) is 38.4 Å². The minimum Gasteiger partial charge on any atom is -0.496 e. The molecule has 3 rings (SSSR count). The molecule has 1 aliphatic carbocycles. The molecule has 2 atom stereocenters. The molecule has 0 bridgehead atoms. The van der Waals surface area contributed by atoms with Gasteiger partial charge in [-0.15, -0.1) is 0 Å². The Bertz CT molecular complexity index is 672. The van der Waals surface area contributed by atoms with Gasteiger partial charge in [-0.25, -0.2) is 0 Å². The fourth-order valence-corrected chi connectivity index (χ4v) is 4.24. The van der Waals surface area contributed by atoms with Crippen molar-refractivity contribution < 1.29 is 24.5 Å². The number of carboxylic acid groups (broad SMARTS) is 1. The van der Waals surface area contributed by atoms with Gasteiger partial charge < -0.3 is 19.7 Å². The van der Waals surface area contributed by atoms with Crippen LogP contribution < -0.4 is 9.47 Å². The summed E-state index contributed by atoms with van der Waals surface area (Å²) in [6.45, 7) is 3.60. The summed E-state index contributed by atoms with van der Waals surface area (Å²) in [6, 6.07) is 3.89. The van der Waals surface area contributed by atoms with Crippen molar-refractivity contribution in [2.45, 2.75) is 45.3 Å². The molecule has 0 amide bonds. The van der Waals surface area contributed by atoms with Crippen molar-refractivity contribution in [2.24, 2.45) is 11.3 Å². The van der Waals surface area contributed by atoms with E-state index in [0.717, 1.165) is 35.5 Å². The Morgan fingerprint density at radius 1 is 1.27 bits per heavy atom. The van der Waals surface area contributed by atoms with Crippen molar-refractivity contribution in [3.63, 3.8) is 0 Å². The Labute approximate surface area is 154 Å². The third-order valence-electron chi connectivity index (χ3n) is 5.89. The maximum absolute atomic E-state index is 12.1. The van der Waals surface area contributed by atoms with Crippen LogP contribution in [0.25, 0.3) is 0 Å². The fourth-order valence-electron chi connectivity index (χ4n) is 4.24. The van der Waals surface area contributed by atoms with Gasteiger partial charge in [-0.2, -0.15) is 0 Å².